The summed E-state index contributed by atoms with van der Waals surface area (Å²) in [5.41, 5.74) is 6.86. The van der Waals surface area contributed by atoms with Gasteiger partial charge in [-0.05, 0) is 40.8 Å². The molecule has 0 radical (unpaired) electrons. The van der Waals surface area contributed by atoms with Crippen LogP contribution in [-0.4, -0.2) is 27.0 Å². The summed E-state index contributed by atoms with van der Waals surface area (Å²) in [4.78, 5) is 17.9. The highest BCUT2D eigenvalue weighted by Gasteiger charge is 2.22. The molecule has 28 heavy (non-hydrogen) atoms. The van der Waals surface area contributed by atoms with Crippen molar-refractivity contribution < 1.29 is 4.79 Å². The van der Waals surface area contributed by atoms with E-state index in [4.69, 9.17) is 0 Å². The van der Waals surface area contributed by atoms with Crippen LogP contribution in [0.3, 0.4) is 0 Å². The lowest BCUT2D eigenvalue weighted by Crippen LogP contribution is -2.38. The van der Waals surface area contributed by atoms with E-state index >= 15 is 0 Å². The van der Waals surface area contributed by atoms with E-state index in [-0.39, 0.29) is 6.03 Å². The number of urea groups is 1. The fourth-order valence-electron chi connectivity index (χ4n) is 3.95. The molecule has 5 nitrogen and oxygen atoms in total. The molecular weight excluding hydrogens is 348 g/mol. The van der Waals surface area contributed by atoms with Crippen LogP contribution in [-0.2, 0) is 20.0 Å². The summed E-state index contributed by atoms with van der Waals surface area (Å²) in [7, 11) is 2.03. The summed E-state index contributed by atoms with van der Waals surface area (Å²) in [5.74, 6) is 0. The number of aromatic nitrogens is 2. The molecule has 0 spiro atoms. The number of H-pyrrole nitrogens is 1. The minimum Gasteiger partial charge on any atom is -0.359 e. The van der Waals surface area contributed by atoms with Crippen molar-refractivity contribution in [3.8, 4) is 11.1 Å². The predicted octanol–water partition coefficient (Wildman–Crippen LogP) is 4.76. The quantitative estimate of drug-likeness (QED) is 0.525. The average molecular weight is 370 g/mol. The molecule has 0 saturated carbocycles. The molecule has 2 amide bonds. The molecule has 0 saturated heterocycles. The summed E-state index contributed by atoms with van der Waals surface area (Å²) in [6.07, 6.45) is 6.92. The third-order valence-electron chi connectivity index (χ3n) is 5.50. The van der Waals surface area contributed by atoms with Gasteiger partial charge in [0.2, 0.25) is 0 Å². The first-order valence-corrected chi connectivity index (χ1v) is 9.53. The maximum absolute atomic E-state index is 12.8. The van der Waals surface area contributed by atoms with E-state index in [1.807, 2.05) is 42.4 Å². The number of nitrogens with zero attached hydrogens (tertiary/aromatic N) is 2. The smallest absolute Gasteiger partial charge is 0.322 e. The normalized spacial score (nSPS) is 13.5. The van der Waals surface area contributed by atoms with Gasteiger partial charge in [0.25, 0.3) is 0 Å². The second-order valence-corrected chi connectivity index (χ2v) is 7.40. The fourth-order valence-corrected chi connectivity index (χ4v) is 3.95. The Kier molecular flexibility index (Phi) is 3.93. The van der Waals surface area contributed by atoms with Crippen LogP contribution in [0.4, 0.5) is 10.5 Å². The number of amides is 2. The Balaban J connectivity index is 1.33. The Morgan fingerprint density at radius 1 is 1.07 bits per heavy atom. The Bertz CT molecular complexity index is 1170. The van der Waals surface area contributed by atoms with Crippen LogP contribution in [0.15, 0.2) is 67.1 Å². The van der Waals surface area contributed by atoms with Gasteiger partial charge in [-0.3, -0.25) is 0 Å². The number of aromatic amines is 1. The summed E-state index contributed by atoms with van der Waals surface area (Å²) >= 11 is 0. The topological polar surface area (TPSA) is 53.1 Å². The van der Waals surface area contributed by atoms with Gasteiger partial charge in [0.1, 0.15) is 0 Å². The SMILES string of the molecule is Cn1ccc(-c2ccc3c(c2)CCN(C(=O)Nc2c[nH]c4ccccc24)C3)c1. The van der Waals surface area contributed by atoms with Crippen molar-refractivity contribution in [1.29, 1.82) is 0 Å². The minimum atomic E-state index is -0.0532. The Morgan fingerprint density at radius 2 is 1.96 bits per heavy atom. The summed E-state index contributed by atoms with van der Waals surface area (Å²) in [6, 6.07) is 16.6. The van der Waals surface area contributed by atoms with Crippen LogP contribution in [0, 0.1) is 0 Å². The molecule has 5 heteroatoms. The Hall–Kier alpha value is -3.47. The third kappa shape index (κ3) is 2.95. The molecular formula is C23H22N4O. The number of fused-ring (bicyclic) bond motifs is 2. The number of carbonyl (C=O) groups is 1. The number of hydrogen-bond acceptors (Lipinski definition) is 1. The van der Waals surface area contributed by atoms with E-state index in [2.05, 4.69) is 51.5 Å². The van der Waals surface area contributed by atoms with Gasteiger partial charge in [-0.15, -0.1) is 0 Å². The van der Waals surface area contributed by atoms with Crippen molar-refractivity contribution in [1.82, 2.24) is 14.5 Å². The monoisotopic (exact) mass is 370 g/mol. The largest absolute Gasteiger partial charge is 0.359 e. The van der Waals surface area contributed by atoms with E-state index < -0.39 is 0 Å². The van der Waals surface area contributed by atoms with Crippen molar-refractivity contribution in [3.05, 3.63) is 78.2 Å². The van der Waals surface area contributed by atoms with E-state index in [0.29, 0.717) is 6.54 Å². The number of nitrogens with one attached hydrogen (secondary N) is 2. The van der Waals surface area contributed by atoms with E-state index in [1.165, 1.54) is 22.3 Å². The van der Waals surface area contributed by atoms with Crippen molar-refractivity contribution in [2.24, 2.45) is 7.05 Å². The number of aryl methyl sites for hydroxylation is 1. The molecule has 1 aliphatic rings. The van der Waals surface area contributed by atoms with E-state index in [0.717, 1.165) is 29.6 Å². The van der Waals surface area contributed by atoms with Crippen LogP contribution < -0.4 is 5.32 Å². The zero-order valence-electron chi connectivity index (χ0n) is 15.8. The average Bonchev–Trinajstić information content (AvgIpc) is 3.34. The molecule has 1 aliphatic heterocycles. The molecule has 5 rings (SSSR count). The molecule has 0 atom stereocenters. The number of rotatable bonds is 2. The third-order valence-corrected chi connectivity index (χ3v) is 5.50. The summed E-state index contributed by atoms with van der Waals surface area (Å²) < 4.78 is 2.06. The molecule has 0 unspecified atom stereocenters. The highest BCUT2D eigenvalue weighted by Crippen LogP contribution is 2.28. The Labute approximate surface area is 163 Å². The standard InChI is InChI=1S/C23H22N4O/c1-26-10-8-19(14-26)16-6-7-18-15-27(11-9-17(18)12-16)23(28)25-22-13-24-21-5-3-2-4-20(21)22/h2-8,10,12-14,24H,9,11,15H2,1H3,(H,25,28). The Morgan fingerprint density at radius 3 is 2.82 bits per heavy atom. The lowest BCUT2D eigenvalue weighted by molar-refractivity contribution is 0.206. The highest BCUT2D eigenvalue weighted by molar-refractivity contribution is 6.01. The highest BCUT2D eigenvalue weighted by atomic mass is 16.2. The number of benzene rings is 2. The number of carbonyl (C=O) groups excluding carboxylic acids is 1. The molecule has 0 aliphatic carbocycles. The minimum absolute atomic E-state index is 0.0532. The molecule has 2 N–H and O–H groups in total. The molecule has 3 heterocycles. The van der Waals surface area contributed by atoms with Gasteiger partial charge in [0.05, 0.1) is 5.69 Å². The van der Waals surface area contributed by atoms with Gasteiger partial charge < -0.3 is 19.8 Å². The van der Waals surface area contributed by atoms with E-state index in [9.17, 15) is 4.79 Å². The van der Waals surface area contributed by atoms with Gasteiger partial charge in [-0.2, -0.15) is 0 Å². The van der Waals surface area contributed by atoms with Crippen molar-refractivity contribution in [3.63, 3.8) is 0 Å². The van der Waals surface area contributed by atoms with Gasteiger partial charge in [0.15, 0.2) is 0 Å². The fraction of sp³-hybridized carbons (Fsp3) is 0.174. The predicted molar refractivity (Wildman–Crippen MR) is 112 cm³/mol. The summed E-state index contributed by atoms with van der Waals surface area (Å²) in [5, 5.41) is 4.09. The van der Waals surface area contributed by atoms with Crippen LogP contribution >= 0.6 is 0 Å². The zero-order valence-corrected chi connectivity index (χ0v) is 15.8. The van der Waals surface area contributed by atoms with Crippen molar-refractivity contribution >= 4 is 22.6 Å². The lowest BCUT2D eigenvalue weighted by Gasteiger charge is -2.29. The van der Waals surface area contributed by atoms with Gasteiger partial charge in [0, 0.05) is 49.6 Å². The second kappa shape index (κ2) is 6.60. The zero-order chi connectivity index (χ0) is 19.1. The molecule has 4 aromatic rings. The van der Waals surface area contributed by atoms with Crippen LogP contribution in [0.2, 0.25) is 0 Å². The van der Waals surface area contributed by atoms with Gasteiger partial charge >= 0.3 is 6.03 Å². The van der Waals surface area contributed by atoms with Crippen molar-refractivity contribution in [2.45, 2.75) is 13.0 Å². The number of para-hydroxylation sites is 1. The number of hydrogen-bond donors (Lipinski definition) is 2. The van der Waals surface area contributed by atoms with Gasteiger partial charge in [-0.25, -0.2) is 4.79 Å². The van der Waals surface area contributed by atoms with Crippen LogP contribution in [0.5, 0.6) is 0 Å². The first-order valence-electron chi connectivity index (χ1n) is 9.53. The first kappa shape index (κ1) is 16.7. The second-order valence-electron chi connectivity index (χ2n) is 7.40. The van der Waals surface area contributed by atoms with Crippen LogP contribution in [0.1, 0.15) is 11.1 Å². The summed E-state index contributed by atoms with van der Waals surface area (Å²) in [6.45, 7) is 1.36. The lowest BCUT2D eigenvalue weighted by atomic mass is 9.95. The molecule has 2 aromatic heterocycles. The molecule has 140 valence electrons. The maximum atomic E-state index is 12.8. The molecule has 0 fully saturated rings. The van der Waals surface area contributed by atoms with Crippen LogP contribution in [0.25, 0.3) is 22.0 Å². The maximum Gasteiger partial charge on any atom is 0.322 e. The molecule has 0 bridgehead atoms. The first-order chi connectivity index (χ1) is 13.7. The van der Waals surface area contributed by atoms with Crippen molar-refractivity contribution in [2.75, 3.05) is 11.9 Å². The van der Waals surface area contributed by atoms with Gasteiger partial charge in [-0.1, -0.05) is 36.4 Å². The van der Waals surface area contributed by atoms with E-state index in [1.54, 1.807) is 0 Å². The molecule has 2 aromatic carbocycles. The number of anilines is 1.